The summed E-state index contributed by atoms with van der Waals surface area (Å²) in [5.41, 5.74) is 0.649. The van der Waals surface area contributed by atoms with Crippen LogP contribution in [0, 0.1) is 5.92 Å². The van der Waals surface area contributed by atoms with Gasteiger partial charge in [-0.05, 0) is 39.4 Å². The minimum absolute atomic E-state index is 0.0738. The lowest BCUT2D eigenvalue weighted by molar-refractivity contribution is -0.109. The van der Waals surface area contributed by atoms with Crippen LogP contribution in [0.1, 0.15) is 46.0 Å². The molecule has 0 spiro atoms. The zero-order chi connectivity index (χ0) is 12.0. The molecule has 0 aromatic heterocycles. The molecule has 2 atom stereocenters. The molecule has 0 radical (unpaired) electrons. The van der Waals surface area contributed by atoms with E-state index < -0.39 is 0 Å². The summed E-state index contributed by atoms with van der Waals surface area (Å²) in [7, 11) is 0.343. The van der Waals surface area contributed by atoms with Crippen LogP contribution < -0.4 is 5.32 Å². The zero-order valence-electron chi connectivity index (χ0n) is 10.2. The summed E-state index contributed by atoms with van der Waals surface area (Å²) in [4.78, 5) is 22.5. The summed E-state index contributed by atoms with van der Waals surface area (Å²) >= 11 is 0. The van der Waals surface area contributed by atoms with Crippen molar-refractivity contribution in [3.63, 3.8) is 0 Å². The number of carbonyl (C=O) groups excluding carboxylic acids is 2. The van der Waals surface area contributed by atoms with Gasteiger partial charge in [-0.25, -0.2) is 0 Å². The van der Waals surface area contributed by atoms with E-state index in [0.717, 1.165) is 12.7 Å². The molecule has 3 nitrogen and oxygen atoms in total. The van der Waals surface area contributed by atoms with Crippen LogP contribution in [0.2, 0.25) is 0 Å². The summed E-state index contributed by atoms with van der Waals surface area (Å²) in [6, 6.07) is -0.290. The van der Waals surface area contributed by atoms with Crippen molar-refractivity contribution in [1.29, 1.82) is 0 Å². The van der Waals surface area contributed by atoms with Gasteiger partial charge >= 0.3 is 0 Å². The molecule has 1 fully saturated rings. The molecule has 0 heterocycles. The van der Waals surface area contributed by atoms with Crippen LogP contribution in [-0.4, -0.2) is 23.6 Å². The molecule has 0 aromatic carbocycles. The van der Waals surface area contributed by atoms with Crippen LogP contribution in [0.25, 0.3) is 0 Å². The number of aldehydes is 1. The Kier molecular flexibility index (Phi) is 5.97. The summed E-state index contributed by atoms with van der Waals surface area (Å²) in [6.07, 6.45) is 6.48. The van der Waals surface area contributed by atoms with Crippen molar-refractivity contribution >= 4 is 20.5 Å². The van der Waals surface area contributed by atoms with Crippen molar-refractivity contribution in [1.82, 2.24) is 5.32 Å². The molecule has 1 saturated carbocycles. The van der Waals surface area contributed by atoms with Gasteiger partial charge in [-0.15, -0.1) is 0 Å². The molecule has 1 aliphatic carbocycles. The predicted octanol–water partition coefficient (Wildman–Crippen LogP) is 2.93. The van der Waals surface area contributed by atoms with Gasteiger partial charge < -0.3 is 10.1 Å². The van der Waals surface area contributed by atoms with Gasteiger partial charge in [0.2, 0.25) is 5.65 Å². The van der Waals surface area contributed by atoms with Gasteiger partial charge in [-0.2, -0.15) is 0 Å². The molecule has 1 rings (SSSR count). The predicted molar refractivity (Wildman–Crippen MR) is 68.4 cm³/mol. The van der Waals surface area contributed by atoms with E-state index in [1.54, 1.807) is 0 Å². The summed E-state index contributed by atoms with van der Waals surface area (Å²) < 4.78 is 0. The normalized spacial score (nSPS) is 19.4. The highest BCUT2D eigenvalue weighted by atomic mass is 31.1. The topological polar surface area (TPSA) is 46.2 Å². The van der Waals surface area contributed by atoms with Crippen LogP contribution in [0.15, 0.2) is 0 Å². The second kappa shape index (κ2) is 7.01. The van der Waals surface area contributed by atoms with Gasteiger partial charge in [-0.1, -0.05) is 26.7 Å². The Bertz CT molecular complexity index is 237. The number of nitrogens with one attached hydrogen (secondary N) is 1. The first-order valence-electron chi connectivity index (χ1n) is 6.14. The maximum Gasteiger partial charge on any atom is 0.238 e. The third kappa shape index (κ3) is 5.07. The smallest absolute Gasteiger partial charge is 0.238 e. The maximum absolute atomic E-state index is 11.7. The number of rotatable bonds is 6. The molecule has 92 valence electrons. The monoisotopic (exact) mass is 243 g/mol. The first-order valence-corrected chi connectivity index (χ1v) is 7.22. The standard InChI is InChI=1S/C12H22NO2P/c1-9(2)7-10(8-14)13-12(15)16-11-5-3-4-6-11/h8-11,16H,3-7H2,1-2H3,(H,13,15). The molecule has 0 aromatic rings. The fraction of sp³-hybridized carbons (Fsp3) is 0.833. The molecule has 16 heavy (non-hydrogen) atoms. The van der Waals surface area contributed by atoms with Crippen LogP contribution in [-0.2, 0) is 4.79 Å². The molecular formula is C12H22NO2P. The Morgan fingerprint density at radius 3 is 2.56 bits per heavy atom. The Morgan fingerprint density at radius 1 is 1.44 bits per heavy atom. The Balaban J connectivity index is 2.27. The molecule has 1 aliphatic rings. The van der Waals surface area contributed by atoms with E-state index in [1.165, 1.54) is 25.7 Å². The van der Waals surface area contributed by atoms with Gasteiger partial charge in [0.05, 0.1) is 6.04 Å². The van der Waals surface area contributed by atoms with Gasteiger partial charge in [0, 0.05) is 0 Å². The van der Waals surface area contributed by atoms with Crippen molar-refractivity contribution in [3.05, 3.63) is 0 Å². The van der Waals surface area contributed by atoms with Gasteiger partial charge in [0.15, 0.2) is 0 Å². The van der Waals surface area contributed by atoms with Crippen molar-refractivity contribution < 1.29 is 9.59 Å². The van der Waals surface area contributed by atoms with Gasteiger partial charge in [0.25, 0.3) is 0 Å². The van der Waals surface area contributed by atoms with Crippen molar-refractivity contribution in [2.75, 3.05) is 0 Å². The van der Waals surface area contributed by atoms with E-state index in [2.05, 4.69) is 19.2 Å². The molecule has 0 saturated heterocycles. The molecule has 1 N–H and O–H groups in total. The number of hydrogen-bond acceptors (Lipinski definition) is 2. The van der Waals surface area contributed by atoms with Crippen LogP contribution in [0.3, 0.4) is 0 Å². The SMILES string of the molecule is CC(C)CC(C=O)NC(=O)PC1CCCC1. The first kappa shape index (κ1) is 13.6. The highest BCUT2D eigenvalue weighted by Gasteiger charge is 2.20. The largest absolute Gasteiger partial charge is 0.343 e. The molecule has 2 unspecified atom stereocenters. The second-order valence-electron chi connectivity index (χ2n) is 4.97. The summed E-state index contributed by atoms with van der Waals surface area (Å²) in [6.45, 7) is 4.11. The van der Waals surface area contributed by atoms with Crippen LogP contribution >= 0.6 is 8.58 Å². The van der Waals surface area contributed by atoms with Crippen molar-refractivity contribution in [3.8, 4) is 0 Å². The minimum atomic E-state index is -0.290. The van der Waals surface area contributed by atoms with Crippen LogP contribution in [0.5, 0.6) is 0 Å². The van der Waals surface area contributed by atoms with E-state index in [1.807, 2.05) is 0 Å². The molecule has 0 aliphatic heterocycles. The zero-order valence-corrected chi connectivity index (χ0v) is 11.2. The van der Waals surface area contributed by atoms with E-state index in [4.69, 9.17) is 0 Å². The fourth-order valence-electron chi connectivity index (χ4n) is 2.12. The Hall–Kier alpha value is -0.430. The summed E-state index contributed by atoms with van der Waals surface area (Å²) in [5, 5.41) is 2.83. The first-order chi connectivity index (χ1) is 7.61. The lowest BCUT2D eigenvalue weighted by Crippen LogP contribution is -2.34. The lowest BCUT2D eigenvalue weighted by atomic mass is 10.1. The Morgan fingerprint density at radius 2 is 2.06 bits per heavy atom. The van der Waals surface area contributed by atoms with Crippen molar-refractivity contribution in [2.45, 2.75) is 57.7 Å². The van der Waals surface area contributed by atoms with Crippen molar-refractivity contribution in [2.24, 2.45) is 5.92 Å². The number of hydrogen-bond donors (Lipinski definition) is 1. The average Bonchev–Trinajstić information content (AvgIpc) is 2.68. The molecule has 0 bridgehead atoms. The third-order valence-electron chi connectivity index (χ3n) is 2.90. The van der Waals surface area contributed by atoms with E-state index in [-0.39, 0.29) is 11.7 Å². The van der Waals surface area contributed by atoms with Gasteiger partial charge in [0.1, 0.15) is 6.29 Å². The minimum Gasteiger partial charge on any atom is -0.343 e. The highest BCUT2D eigenvalue weighted by Crippen LogP contribution is 2.34. The lowest BCUT2D eigenvalue weighted by Gasteiger charge is -2.16. The average molecular weight is 243 g/mol. The quantitative estimate of drug-likeness (QED) is 0.576. The Labute approximate surface area is 99.5 Å². The van der Waals surface area contributed by atoms with Gasteiger partial charge in [-0.3, -0.25) is 4.79 Å². The fourth-order valence-corrected chi connectivity index (χ4v) is 3.46. The molecule has 4 heteroatoms. The molecule has 1 amide bonds. The maximum atomic E-state index is 11.7. The molecular weight excluding hydrogens is 221 g/mol. The van der Waals surface area contributed by atoms with E-state index in [0.29, 0.717) is 20.2 Å². The number of carbonyl (C=O) groups is 2. The summed E-state index contributed by atoms with van der Waals surface area (Å²) in [5.74, 6) is 0.435. The van der Waals surface area contributed by atoms with E-state index >= 15 is 0 Å². The highest BCUT2D eigenvalue weighted by molar-refractivity contribution is 7.58. The second-order valence-corrected chi connectivity index (χ2v) is 6.53. The van der Waals surface area contributed by atoms with E-state index in [9.17, 15) is 9.59 Å². The third-order valence-corrected chi connectivity index (χ3v) is 4.29. The number of amides is 1. The van der Waals surface area contributed by atoms with Crippen LogP contribution in [0.4, 0.5) is 4.79 Å².